The number of benzene rings is 3. The molecule has 1 aromatic heterocycles. The Balaban J connectivity index is 1.41. The van der Waals surface area contributed by atoms with E-state index in [1.165, 1.54) is 7.11 Å². The van der Waals surface area contributed by atoms with Gasteiger partial charge in [0.05, 0.1) is 23.6 Å². The van der Waals surface area contributed by atoms with Crippen LogP contribution in [0.4, 0.5) is 0 Å². The van der Waals surface area contributed by atoms with Crippen LogP contribution in [0.1, 0.15) is 27.2 Å². The minimum Gasteiger partial charge on any atom is -0.478 e. The van der Waals surface area contributed by atoms with Crippen LogP contribution in [0.2, 0.25) is 5.02 Å². The Hall–Kier alpha value is -3.81. The highest BCUT2D eigenvalue weighted by Gasteiger charge is 2.24. The molecule has 0 N–H and O–H groups in total. The molecule has 3 aromatic carbocycles. The topological polar surface area (TPSA) is 78.2 Å². The molecule has 0 radical (unpaired) electrons. The molecule has 1 aliphatic heterocycles. The lowest BCUT2D eigenvalue weighted by Crippen LogP contribution is -2.33. The summed E-state index contributed by atoms with van der Waals surface area (Å²) < 4.78 is 22.7. The fourth-order valence-electron chi connectivity index (χ4n) is 4.24. The van der Waals surface area contributed by atoms with E-state index >= 15 is 0 Å². The normalized spacial score (nSPS) is 13.2. The third kappa shape index (κ3) is 4.67. The number of halogens is 1. The third-order valence-corrected chi connectivity index (χ3v) is 6.55. The summed E-state index contributed by atoms with van der Waals surface area (Å²) in [5.74, 6) is 1.11. The maximum absolute atomic E-state index is 13.4. The van der Waals surface area contributed by atoms with E-state index in [1.54, 1.807) is 43.3 Å². The van der Waals surface area contributed by atoms with Crippen molar-refractivity contribution in [2.45, 2.75) is 19.9 Å². The van der Waals surface area contributed by atoms with Crippen LogP contribution >= 0.6 is 11.6 Å². The van der Waals surface area contributed by atoms with Crippen molar-refractivity contribution >= 4 is 28.5 Å². The van der Waals surface area contributed by atoms with Crippen molar-refractivity contribution in [3.63, 3.8) is 0 Å². The average molecular weight is 506 g/mol. The molecular weight excluding hydrogens is 482 g/mol. The molecule has 0 fully saturated rings. The first-order chi connectivity index (χ1) is 17.4. The number of carbonyl (C=O) groups excluding carboxylic acids is 1. The van der Waals surface area contributed by atoms with Crippen molar-refractivity contribution < 1.29 is 23.4 Å². The van der Waals surface area contributed by atoms with Gasteiger partial charge in [-0.15, -0.1) is 0 Å². The Morgan fingerprint density at radius 2 is 1.86 bits per heavy atom. The van der Waals surface area contributed by atoms with Crippen LogP contribution in [0.25, 0.3) is 11.0 Å². The number of rotatable bonds is 6. The van der Waals surface area contributed by atoms with Crippen LogP contribution in [-0.2, 0) is 17.7 Å². The highest BCUT2D eigenvalue weighted by atomic mass is 35.5. The molecule has 0 atom stereocenters. The molecule has 36 heavy (non-hydrogen) atoms. The summed E-state index contributed by atoms with van der Waals surface area (Å²) in [6, 6.07) is 17.6. The molecule has 2 heterocycles. The first-order valence-electron chi connectivity index (χ1n) is 11.5. The van der Waals surface area contributed by atoms with Gasteiger partial charge < -0.3 is 18.6 Å². The van der Waals surface area contributed by atoms with Gasteiger partial charge in [0.25, 0.3) is 0 Å². The highest BCUT2D eigenvalue weighted by molar-refractivity contribution is 6.31. The first-order valence-corrected chi connectivity index (χ1v) is 11.9. The standard InChI is InChI=1S/C28H24ClNO6/c1-17-26(36-20-9-7-19(8-10-20)28(32)33-2)25(31)21-11-12-24-22(27(21)35-17)15-30(16-34-24)14-13-18-5-3-4-6-23(18)29/h3-12H,13-16H2,1-2H3. The summed E-state index contributed by atoms with van der Waals surface area (Å²) in [6.07, 6.45) is 0.777. The van der Waals surface area contributed by atoms with Gasteiger partial charge >= 0.3 is 5.97 Å². The third-order valence-electron chi connectivity index (χ3n) is 6.18. The molecule has 5 rings (SSSR count). The Bertz CT molecular complexity index is 1490. The second-order valence-electron chi connectivity index (χ2n) is 8.52. The second-order valence-corrected chi connectivity index (χ2v) is 8.93. The maximum atomic E-state index is 13.4. The quantitative estimate of drug-likeness (QED) is 0.310. The van der Waals surface area contributed by atoms with E-state index in [4.69, 9.17) is 30.2 Å². The number of ether oxygens (including phenoxy) is 3. The number of fused-ring (bicyclic) bond motifs is 3. The Morgan fingerprint density at radius 3 is 2.61 bits per heavy atom. The van der Waals surface area contributed by atoms with Gasteiger partial charge in [0.15, 0.2) is 0 Å². The van der Waals surface area contributed by atoms with Crippen molar-refractivity contribution in [3.8, 4) is 17.2 Å². The largest absolute Gasteiger partial charge is 0.478 e. The fourth-order valence-corrected chi connectivity index (χ4v) is 4.47. The van der Waals surface area contributed by atoms with E-state index in [1.807, 2.05) is 24.3 Å². The number of methoxy groups -OCH3 is 1. The summed E-state index contributed by atoms with van der Waals surface area (Å²) in [6.45, 7) is 3.45. The number of nitrogens with zero attached hydrogens (tertiary/aromatic N) is 1. The summed E-state index contributed by atoms with van der Waals surface area (Å²) in [5, 5.41) is 1.16. The summed E-state index contributed by atoms with van der Waals surface area (Å²) in [7, 11) is 1.32. The molecule has 0 unspecified atom stereocenters. The highest BCUT2D eigenvalue weighted by Crippen LogP contribution is 2.34. The van der Waals surface area contributed by atoms with Crippen molar-refractivity contribution in [3.05, 3.63) is 98.4 Å². The van der Waals surface area contributed by atoms with Crippen LogP contribution in [0, 0.1) is 6.92 Å². The zero-order valence-electron chi connectivity index (χ0n) is 19.9. The van der Waals surface area contributed by atoms with Crippen molar-refractivity contribution in [2.75, 3.05) is 20.4 Å². The summed E-state index contributed by atoms with van der Waals surface area (Å²) >= 11 is 6.31. The second kappa shape index (κ2) is 10.0. The van der Waals surface area contributed by atoms with Crippen LogP contribution in [0.5, 0.6) is 17.2 Å². The van der Waals surface area contributed by atoms with Crippen LogP contribution in [-0.4, -0.2) is 31.3 Å². The average Bonchev–Trinajstić information content (AvgIpc) is 2.90. The minimum absolute atomic E-state index is 0.0978. The molecule has 1 aliphatic rings. The van der Waals surface area contributed by atoms with Crippen molar-refractivity contribution in [1.29, 1.82) is 0 Å². The van der Waals surface area contributed by atoms with Gasteiger partial charge in [0.2, 0.25) is 11.2 Å². The number of carbonyl (C=O) groups is 1. The lowest BCUT2D eigenvalue weighted by molar-refractivity contribution is 0.0600. The predicted octanol–water partition coefficient (Wildman–Crippen LogP) is 5.73. The van der Waals surface area contributed by atoms with Gasteiger partial charge in [-0.2, -0.15) is 0 Å². The molecule has 0 saturated heterocycles. The van der Waals surface area contributed by atoms with Gasteiger partial charge in [-0.05, 0) is 61.4 Å². The Morgan fingerprint density at radius 1 is 1.08 bits per heavy atom. The maximum Gasteiger partial charge on any atom is 0.337 e. The van der Waals surface area contributed by atoms with E-state index in [9.17, 15) is 9.59 Å². The summed E-state index contributed by atoms with van der Waals surface area (Å²) in [4.78, 5) is 27.2. The predicted molar refractivity (Wildman–Crippen MR) is 136 cm³/mol. The molecule has 184 valence electrons. The number of hydrogen-bond acceptors (Lipinski definition) is 7. The number of aryl methyl sites for hydroxylation is 1. The van der Waals surface area contributed by atoms with Gasteiger partial charge in [0, 0.05) is 18.1 Å². The smallest absolute Gasteiger partial charge is 0.337 e. The van der Waals surface area contributed by atoms with E-state index in [-0.39, 0.29) is 11.2 Å². The lowest BCUT2D eigenvalue weighted by Gasteiger charge is -2.29. The van der Waals surface area contributed by atoms with E-state index < -0.39 is 5.97 Å². The van der Waals surface area contributed by atoms with E-state index in [0.29, 0.717) is 47.1 Å². The number of hydrogen-bond donors (Lipinski definition) is 0. The zero-order valence-corrected chi connectivity index (χ0v) is 20.6. The molecule has 0 aliphatic carbocycles. The molecule has 0 bridgehead atoms. The van der Waals surface area contributed by atoms with Gasteiger partial charge in [0.1, 0.15) is 29.6 Å². The molecule has 4 aromatic rings. The SMILES string of the molecule is COC(=O)c1ccc(Oc2c(C)oc3c4c(ccc3c2=O)OCN(CCc2ccccc2Cl)C4)cc1. The van der Waals surface area contributed by atoms with Crippen molar-refractivity contribution in [2.24, 2.45) is 0 Å². The molecule has 7 nitrogen and oxygen atoms in total. The van der Waals surface area contributed by atoms with Crippen molar-refractivity contribution in [1.82, 2.24) is 4.90 Å². The monoisotopic (exact) mass is 505 g/mol. The summed E-state index contributed by atoms with van der Waals surface area (Å²) in [5.41, 5.74) is 2.50. The van der Waals surface area contributed by atoms with Crippen LogP contribution in [0.15, 0.2) is 69.9 Å². The molecule has 0 amide bonds. The van der Waals surface area contributed by atoms with Crippen LogP contribution < -0.4 is 14.9 Å². The minimum atomic E-state index is -0.448. The Labute approximate surface area is 212 Å². The molecule has 0 spiro atoms. The lowest BCUT2D eigenvalue weighted by atomic mass is 10.1. The van der Waals surface area contributed by atoms with Crippen LogP contribution in [0.3, 0.4) is 0 Å². The molecular formula is C28H24ClNO6. The van der Waals surface area contributed by atoms with E-state index in [2.05, 4.69) is 4.90 Å². The molecule has 8 heteroatoms. The molecule has 0 saturated carbocycles. The van der Waals surface area contributed by atoms with Gasteiger partial charge in [-0.3, -0.25) is 9.69 Å². The Kier molecular flexibility index (Phi) is 6.67. The van der Waals surface area contributed by atoms with E-state index in [0.717, 1.165) is 29.1 Å². The van der Waals surface area contributed by atoms with Gasteiger partial charge in [-0.25, -0.2) is 4.79 Å². The first kappa shape index (κ1) is 23.9. The van der Waals surface area contributed by atoms with Gasteiger partial charge in [-0.1, -0.05) is 29.8 Å². The fraction of sp³-hybridized carbons (Fsp3) is 0.214. The number of esters is 1. The zero-order chi connectivity index (χ0) is 25.2.